The second-order valence-corrected chi connectivity index (χ2v) is 2.94. The van der Waals surface area contributed by atoms with Gasteiger partial charge >= 0.3 is 5.97 Å². The van der Waals surface area contributed by atoms with Crippen molar-refractivity contribution in [3.63, 3.8) is 0 Å². The van der Waals surface area contributed by atoms with Gasteiger partial charge in [0.15, 0.2) is 6.10 Å². The van der Waals surface area contributed by atoms with Crippen LogP contribution in [0.25, 0.3) is 0 Å². The molecular weight excluding hydrogens is 206 g/mol. The third-order valence-electron chi connectivity index (χ3n) is 1.63. The summed E-state index contributed by atoms with van der Waals surface area (Å²) in [5.74, 6) is -0.0816. The molecule has 1 aromatic carbocycles. The van der Waals surface area contributed by atoms with E-state index in [1.54, 1.807) is 31.2 Å². The lowest BCUT2D eigenvalue weighted by atomic mass is 10.3. The predicted octanol–water partition coefficient (Wildman–Crippen LogP) is 2.03. The van der Waals surface area contributed by atoms with Gasteiger partial charge in [0, 0.05) is 0 Å². The maximum Gasteiger partial charge on any atom is 0.339 e. The molecule has 82 valence electrons. The van der Waals surface area contributed by atoms with Crippen molar-refractivity contribution in [2.75, 3.05) is 0 Å². The summed E-state index contributed by atoms with van der Waals surface area (Å²) in [4.78, 5) is 11.2. The molecule has 1 unspecified atom stereocenters. The summed E-state index contributed by atoms with van der Waals surface area (Å²) in [6, 6.07) is 10.6. The van der Waals surface area contributed by atoms with Gasteiger partial charge in [0.25, 0.3) is 0 Å². The molecule has 4 heteroatoms. The number of nitrogens with zero attached hydrogens (tertiary/aromatic N) is 1. The SMILES string of the molecule is CC(C#N)OC=CC(=O)Oc1ccccc1. The second-order valence-electron chi connectivity index (χ2n) is 2.94. The van der Waals surface area contributed by atoms with Gasteiger partial charge in [-0.3, -0.25) is 0 Å². The van der Waals surface area contributed by atoms with Crippen LogP contribution in [0.3, 0.4) is 0 Å². The molecule has 0 aliphatic carbocycles. The first-order valence-corrected chi connectivity index (χ1v) is 4.71. The number of rotatable bonds is 4. The monoisotopic (exact) mass is 217 g/mol. The standard InChI is InChI=1S/C12H11NO3/c1-10(9-13)15-8-7-12(14)16-11-5-3-2-4-6-11/h2-8,10H,1H3. The van der Waals surface area contributed by atoms with Crippen molar-refractivity contribution < 1.29 is 14.3 Å². The Labute approximate surface area is 93.7 Å². The lowest BCUT2D eigenvalue weighted by Crippen LogP contribution is -2.05. The van der Waals surface area contributed by atoms with Crippen LogP contribution in [0.5, 0.6) is 5.75 Å². The van der Waals surface area contributed by atoms with E-state index in [1.165, 1.54) is 0 Å². The minimum atomic E-state index is -0.583. The molecule has 0 aromatic heterocycles. The van der Waals surface area contributed by atoms with Gasteiger partial charge in [0.2, 0.25) is 0 Å². The van der Waals surface area contributed by atoms with Crippen LogP contribution in [0.15, 0.2) is 42.7 Å². The molecule has 0 spiro atoms. The Morgan fingerprint density at radius 1 is 1.44 bits per heavy atom. The number of carbonyl (C=O) groups excluding carboxylic acids is 1. The summed E-state index contributed by atoms with van der Waals surface area (Å²) in [5.41, 5.74) is 0. The van der Waals surface area contributed by atoms with Crippen molar-refractivity contribution in [3.05, 3.63) is 42.7 Å². The van der Waals surface area contributed by atoms with E-state index in [0.717, 1.165) is 12.3 Å². The van der Waals surface area contributed by atoms with E-state index in [9.17, 15) is 4.79 Å². The van der Waals surface area contributed by atoms with Crippen LogP contribution in [0.4, 0.5) is 0 Å². The van der Waals surface area contributed by atoms with E-state index < -0.39 is 12.1 Å². The van der Waals surface area contributed by atoms with Crippen LogP contribution in [0.2, 0.25) is 0 Å². The van der Waals surface area contributed by atoms with Gasteiger partial charge < -0.3 is 9.47 Å². The molecule has 16 heavy (non-hydrogen) atoms. The first-order chi connectivity index (χ1) is 7.72. The molecule has 0 saturated carbocycles. The van der Waals surface area contributed by atoms with Crippen molar-refractivity contribution in [1.82, 2.24) is 0 Å². The van der Waals surface area contributed by atoms with Gasteiger partial charge in [0.05, 0.1) is 12.3 Å². The van der Waals surface area contributed by atoms with Crippen molar-refractivity contribution >= 4 is 5.97 Å². The molecule has 1 rings (SSSR count). The number of para-hydroxylation sites is 1. The quantitative estimate of drug-likeness (QED) is 0.335. The highest BCUT2D eigenvalue weighted by molar-refractivity contribution is 5.83. The topological polar surface area (TPSA) is 59.3 Å². The maximum absolute atomic E-state index is 11.2. The molecule has 0 saturated heterocycles. The minimum Gasteiger partial charge on any atom is -0.483 e. The fourth-order valence-corrected chi connectivity index (χ4v) is 0.882. The smallest absolute Gasteiger partial charge is 0.339 e. The maximum atomic E-state index is 11.2. The summed E-state index contributed by atoms with van der Waals surface area (Å²) >= 11 is 0. The van der Waals surface area contributed by atoms with Crippen LogP contribution in [-0.4, -0.2) is 12.1 Å². The summed E-state index contributed by atoms with van der Waals surface area (Å²) in [6.45, 7) is 1.58. The Kier molecular flexibility index (Phi) is 4.61. The third-order valence-corrected chi connectivity index (χ3v) is 1.63. The van der Waals surface area contributed by atoms with Crippen molar-refractivity contribution in [2.45, 2.75) is 13.0 Å². The molecule has 4 nitrogen and oxygen atoms in total. The molecule has 0 fully saturated rings. The summed E-state index contributed by atoms with van der Waals surface area (Å²) in [7, 11) is 0. The van der Waals surface area contributed by atoms with Crippen LogP contribution < -0.4 is 4.74 Å². The molecule has 0 radical (unpaired) electrons. The number of esters is 1. The highest BCUT2D eigenvalue weighted by Crippen LogP contribution is 2.08. The van der Waals surface area contributed by atoms with Crippen molar-refractivity contribution in [1.29, 1.82) is 5.26 Å². The summed E-state index contributed by atoms with van der Waals surface area (Å²) in [5, 5.41) is 8.41. The summed E-state index contributed by atoms with van der Waals surface area (Å²) in [6.07, 6.45) is 1.70. The van der Waals surface area contributed by atoms with E-state index in [2.05, 4.69) is 0 Å². The van der Waals surface area contributed by atoms with Gasteiger partial charge in [-0.25, -0.2) is 4.79 Å². The minimum absolute atomic E-state index is 0.463. The third kappa shape index (κ3) is 4.29. The number of benzene rings is 1. The van der Waals surface area contributed by atoms with Gasteiger partial charge in [-0.1, -0.05) is 18.2 Å². The molecule has 0 heterocycles. The molecule has 1 atom stereocenters. The zero-order valence-electron chi connectivity index (χ0n) is 8.79. The number of hydrogen-bond acceptors (Lipinski definition) is 4. The second kappa shape index (κ2) is 6.25. The number of hydrogen-bond donors (Lipinski definition) is 0. The Morgan fingerprint density at radius 2 is 2.12 bits per heavy atom. The van der Waals surface area contributed by atoms with E-state index >= 15 is 0 Å². The largest absolute Gasteiger partial charge is 0.483 e. The van der Waals surface area contributed by atoms with E-state index in [-0.39, 0.29) is 0 Å². The summed E-state index contributed by atoms with van der Waals surface area (Å²) < 4.78 is 9.80. The fraction of sp³-hybridized carbons (Fsp3) is 0.167. The first kappa shape index (κ1) is 11.8. The Morgan fingerprint density at radius 3 is 2.75 bits per heavy atom. The average molecular weight is 217 g/mol. The lowest BCUT2D eigenvalue weighted by Gasteiger charge is -2.01. The number of carbonyl (C=O) groups is 1. The van der Waals surface area contributed by atoms with Crippen molar-refractivity contribution in [2.24, 2.45) is 0 Å². The zero-order chi connectivity index (χ0) is 11.8. The van der Waals surface area contributed by atoms with Crippen LogP contribution in [0, 0.1) is 11.3 Å². The molecule has 0 aliphatic heterocycles. The van der Waals surface area contributed by atoms with Gasteiger partial charge in [0.1, 0.15) is 11.8 Å². The molecule has 0 N–H and O–H groups in total. The fourth-order valence-electron chi connectivity index (χ4n) is 0.882. The Hall–Kier alpha value is -2.28. The van der Waals surface area contributed by atoms with Gasteiger partial charge in [-0.15, -0.1) is 0 Å². The zero-order valence-corrected chi connectivity index (χ0v) is 8.79. The number of nitriles is 1. The molecule has 0 aliphatic rings. The van der Waals surface area contributed by atoms with Crippen molar-refractivity contribution in [3.8, 4) is 11.8 Å². The Bertz CT molecular complexity index is 406. The highest BCUT2D eigenvalue weighted by atomic mass is 16.5. The predicted molar refractivity (Wildman–Crippen MR) is 57.4 cm³/mol. The van der Waals surface area contributed by atoms with E-state index in [1.807, 2.05) is 12.1 Å². The van der Waals surface area contributed by atoms with Crippen LogP contribution >= 0.6 is 0 Å². The number of ether oxygens (including phenoxy) is 2. The van der Waals surface area contributed by atoms with Crippen LogP contribution in [-0.2, 0) is 9.53 Å². The first-order valence-electron chi connectivity index (χ1n) is 4.71. The van der Waals surface area contributed by atoms with Crippen LogP contribution in [0.1, 0.15) is 6.92 Å². The molecule has 0 bridgehead atoms. The molecule has 0 amide bonds. The van der Waals surface area contributed by atoms with Gasteiger partial charge in [-0.05, 0) is 19.1 Å². The highest BCUT2D eigenvalue weighted by Gasteiger charge is 2.00. The molecule has 1 aromatic rings. The normalized spacial score (nSPS) is 11.8. The van der Waals surface area contributed by atoms with E-state index in [0.29, 0.717) is 5.75 Å². The van der Waals surface area contributed by atoms with E-state index in [4.69, 9.17) is 14.7 Å². The van der Waals surface area contributed by atoms with Gasteiger partial charge in [-0.2, -0.15) is 5.26 Å². The molecular formula is C12H11NO3. The Balaban J connectivity index is 2.40. The average Bonchev–Trinajstić information content (AvgIpc) is 2.30. The lowest BCUT2D eigenvalue weighted by molar-refractivity contribution is -0.129.